The third-order valence-corrected chi connectivity index (χ3v) is 4.43. The summed E-state index contributed by atoms with van der Waals surface area (Å²) in [7, 11) is 0. The third-order valence-electron chi connectivity index (χ3n) is 3.21. The minimum atomic E-state index is -0.504. The largest absolute Gasteiger partial charge is 0.466 e. The first-order chi connectivity index (χ1) is 11.1. The van der Waals surface area contributed by atoms with Crippen LogP contribution in [0.15, 0.2) is 41.8 Å². The zero-order valence-corrected chi connectivity index (χ0v) is 14.3. The van der Waals surface area contributed by atoms with Crippen molar-refractivity contribution in [1.82, 2.24) is 5.32 Å². The number of hydrogen-bond acceptors (Lipinski definition) is 4. The van der Waals surface area contributed by atoms with E-state index in [1.807, 2.05) is 23.6 Å². The lowest BCUT2D eigenvalue weighted by atomic mass is 10.0. The van der Waals surface area contributed by atoms with Crippen LogP contribution in [0.5, 0.6) is 0 Å². The fourth-order valence-electron chi connectivity index (χ4n) is 2.20. The van der Waals surface area contributed by atoms with Crippen LogP contribution in [0.2, 0.25) is 5.02 Å². The van der Waals surface area contributed by atoms with Crippen LogP contribution in [-0.4, -0.2) is 18.5 Å². The van der Waals surface area contributed by atoms with Crippen molar-refractivity contribution in [2.24, 2.45) is 0 Å². The average Bonchev–Trinajstić information content (AvgIpc) is 3.00. The Hall–Kier alpha value is -1.85. The molecule has 0 unspecified atom stereocenters. The van der Waals surface area contributed by atoms with Crippen LogP contribution in [-0.2, 0) is 20.7 Å². The number of thiophene rings is 1. The van der Waals surface area contributed by atoms with Crippen molar-refractivity contribution in [3.8, 4) is 0 Å². The smallest absolute Gasteiger partial charge is 0.308 e. The molecular weight excluding hydrogens is 334 g/mol. The van der Waals surface area contributed by atoms with Gasteiger partial charge in [0.15, 0.2) is 0 Å². The normalized spacial score (nSPS) is 11.7. The number of ether oxygens (including phenoxy) is 1. The zero-order chi connectivity index (χ0) is 16.7. The molecule has 23 heavy (non-hydrogen) atoms. The SMILES string of the molecule is CCOC(=O)C[C@H](NC(=O)Cc1cccs1)c1ccccc1Cl. The van der Waals surface area contributed by atoms with Gasteiger partial charge in [0.1, 0.15) is 0 Å². The maximum absolute atomic E-state index is 12.2. The summed E-state index contributed by atoms with van der Waals surface area (Å²) >= 11 is 7.73. The molecule has 1 amide bonds. The number of rotatable bonds is 7. The predicted molar refractivity (Wildman–Crippen MR) is 91.6 cm³/mol. The third kappa shape index (κ3) is 5.37. The fourth-order valence-corrected chi connectivity index (χ4v) is 3.17. The number of halogens is 1. The van der Waals surface area contributed by atoms with Gasteiger partial charge in [0, 0.05) is 9.90 Å². The number of amides is 1. The molecule has 122 valence electrons. The van der Waals surface area contributed by atoms with Gasteiger partial charge in [-0.15, -0.1) is 11.3 Å². The predicted octanol–water partition coefficient (Wildman–Crippen LogP) is 3.75. The molecule has 4 nitrogen and oxygen atoms in total. The topological polar surface area (TPSA) is 55.4 Å². The highest BCUT2D eigenvalue weighted by Crippen LogP contribution is 2.25. The second-order valence-corrected chi connectivity index (χ2v) is 6.35. The minimum absolute atomic E-state index is 0.0494. The molecule has 0 bridgehead atoms. The van der Waals surface area contributed by atoms with Crippen LogP contribution in [0.4, 0.5) is 0 Å². The molecular formula is C17H18ClNO3S. The number of carbonyl (C=O) groups is 2. The molecule has 1 aromatic carbocycles. The van der Waals surface area contributed by atoms with Gasteiger partial charge >= 0.3 is 5.97 Å². The summed E-state index contributed by atoms with van der Waals surface area (Å²) < 4.78 is 4.99. The molecule has 1 aromatic heterocycles. The summed E-state index contributed by atoms with van der Waals surface area (Å²) in [6.07, 6.45) is 0.329. The highest BCUT2D eigenvalue weighted by atomic mass is 35.5. The van der Waals surface area contributed by atoms with Gasteiger partial charge in [0.25, 0.3) is 0 Å². The van der Waals surface area contributed by atoms with E-state index in [2.05, 4.69) is 5.32 Å². The maximum atomic E-state index is 12.2. The molecule has 1 N–H and O–H groups in total. The molecule has 0 aliphatic heterocycles. The molecule has 2 aromatic rings. The lowest BCUT2D eigenvalue weighted by Gasteiger charge is -2.19. The summed E-state index contributed by atoms with van der Waals surface area (Å²) in [4.78, 5) is 25.0. The molecule has 0 fully saturated rings. The molecule has 1 atom stereocenters. The lowest BCUT2D eigenvalue weighted by molar-refractivity contribution is -0.143. The second kappa shape index (κ2) is 8.70. The van der Waals surface area contributed by atoms with Crippen molar-refractivity contribution < 1.29 is 14.3 Å². The Kier molecular flexibility index (Phi) is 6.62. The molecule has 0 spiro atoms. The van der Waals surface area contributed by atoms with E-state index in [0.717, 1.165) is 4.88 Å². The van der Waals surface area contributed by atoms with Crippen molar-refractivity contribution in [3.05, 3.63) is 57.2 Å². The van der Waals surface area contributed by atoms with Gasteiger partial charge in [-0.3, -0.25) is 9.59 Å². The molecule has 6 heteroatoms. The Bertz CT molecular complexity index is 658. The van der Waals surface area contributed by atoms with Gasteiger partial charge in [-0.2, -0.15) is 0 Å². The molecule has 0 saturated heterocycles. The number of benzene rings is 1. The number of esters is 1. The van der Waals surface area contributed by atoms with E-state index in [0.29, 0.717) is 17.2 Å². The van der Waals surface area contributed by atoms with Crippen LogP contribution in [0.1, 0.15) is 29.8 Å². The van der Waals surface area contributed by atoms with Crippen LogP contribution < -0.4 is 5.32 Å². The Morgan fingerprint density at radius 2 is 2.04 bits per heavy atom. The molecule has 0 saturated carbocycles. The first-order valence-corrected chi connectivity index (χ1v) is 8.57. The van der Waals surface area contributed by atoms with Crippen LogP contribution in [0.25, 0.3) is 0 Å². The Labute approximate surface area is 144 Å². The molecule has 0 aliphatic carbocycles. The van der Waals surface area contributed by atoms with E-state index in [4.69, 9.17) is 16.3 Å². The van der Waals surface area contributed by atoms with E-state index in [-0.39, 0.29) is 24.7 Å². The Balaban J connectivity index is 2.11. The zero-order valence-electron chi connectivity index (χ0n) is 12.8. The summed E-state index contributed by atoms with van der Waals surface area (Å²) in [5.74, 6) is -0.518. The van der Waals surface area contributed by atoms with E-state index in [1.165, 1.54) is 11.3 Å². The molecule has 2 rings (SSSR count). The first kappa shape index (κ1) is 17.5. The molecule has 1 heterocycles. The summed E-state index contributed by atoms with van der Waals surface area (Å²) in [6.45, 7) is 2.05. The van der Waals surface area contributed by atoms with E-state index >= 15 is 0 Å². The van der Waals surface area contributed by atoms with Gasteiger partial charge < -0.3 is 10.1 Å². The highest BCUT2D eigenvalue weighted by Gasteiger charge is 2.21. The van der Waals surface area contributed by atoms with Crippen molar-refractivity contribution >= 4 is 34.8 Å². The maximum Gasteiger partial charge on any atom is 0.308 e. The summed E-state index contributed by atoms with van der Waals surface area (Å²) in [5.41, 5.74) is 0.710. The number of carbonyl (C=O) groups excluding carboxylic acids is 2. The molecule has 0 radical (unpaired) electrons. The lowest BCUT2D eigenvalue weighted by Crippen LogP contribution is -2.31. The summed E-state index contributed by atoms with van der Waals surface area (Å²) in [5, 5.41) is 5.32. The number of hydrogen-bond donors (Lipinski definition) is 1. The molecule has 0 aliphatic rings. The van der Waals surface area contributed by atoms with E-state index < -0.39 is 6.04 Å². The standard InChI is InChI=1S/C17H18ClNO3S/c1-2-22-17(21)11-15(13-7-3-4-8-14(13)18)19-16(20)10-12-6-5-9-23-12/h3-9,15H,2,10-11H2,1H3,(H,19,20)/t15-/m0/s1. The van der Waals surface area contributed by atoms with Crippen LogP contribution >= 0.6 is 22.9 Å². The van der Waals surface area contributed by atoms with Crippen molar-refractivity contribution in [2.75, 3.05) is 6.61 Å². The minimum Gasteiger partial charge on any atom is -0.466 e. The average molecular weight is 352 g/mol. The van der Waals surface area contributed by atoms with Crippen molar-refractivity contribution in [2.45, 2.75) is 25.8 Å². The van der Waals surface area contributed by atoms with E-state index in [1.54, 1.807) is 25.1 Å². The van der Waals surface area contributed by atoms with Crippen LogP contribution in [0.3, 0.4) is 0 Å². The monoisotopic (exact) mass is 351 g/mol. The highest BCUT2D eigenvalue weighted by molar-refractivity contribution is 7.10. The quantitative estimate of drug-likeness (QED) is 0.773. The van der Waals surface area contributed by atoms with Gasteiger partial charge in [-0.25, -0.2) is 0 Å². The van der Waals surface area contributed by atoms with Crippen LogP contribution in [0, 0.1) is 0 Å². The van der Waals surface area contributed by atoms with Crippen molar-refractivity contribution in [1.29, 1.82) is 0 Å². The van der Waals surface area contributed by atoms with Crippen molar-refractivity contribution in [3.63, 3.8) is 0 Å². The Morgan fingerprint density at radius 1 is 1.26 bits per heavy atom. The van der Waals surface area contributed by atoms with Gasteiger partial charge in [-0.1, -0.05) is 35.9 Å². The summed E-state index contributed by atoms with van der Waals surface area (Å²) in [6, 6.07) is 10.5. The number of nitrogens with one attached hydrogen (secondary N) is 1. The van der Waals surface area contributed by atoms with Gasteiger partial charge in [-0.05, 0) is 30.0 Å². The van der Waals surface area contributed by atoms with E-state index in [9.17, 15) is 9.59 Å². The Morgan fingerprint density at radius 3 is 2.70 bits per heavy atom. The first-order valence-electron chi connectivity index (χ1n) is 7.32. The second-order valence-electron chi connectivity index (χ2n) is 4.91. The van der Waals surface area contributed by atoms with Gasteiger partial charge in [0.2, 0.25) is 5.91 Å². The van der Waals surface area contributed by atoms with Gasteiger partial charge in [0.05, 0.1) is 25.5 Å². The fraction of sp³-hybridized carbons (Fsp3) is 0.294.